The van der Waals surface area contributed by atoms with Gasteiger partial charge in [-0.1, -0.05) is 11.6 Å². The van der Waals surface area contributed by atoms with Gasteiger partial charge in [0.1, 0.15) is 5.69 Å². The minimum absolute atomic E-state index is 0.215. The summed E-state index contributed by atoms with van der Waals surface area (Å²) in [5, 5.41) is 7.04. The summed E-state index contributed by atoms with van der Waals surface area (Å²) in [6.45, 7) is 0.777. The maximum absolute atomic E-state index is 13.4. The average molecular weight is 363 g/mol. The van der Waals surface area contributed by atoms with E-state index in [4.69, 9.17) is 11.6 Å². The Hall–Kier alpha value is -1.64. The second kappa shape index (κ2) is 6.10. The molecule has 0 aliphatic carbocycles. The van der Waals surface area contributed by atoms with Gasteiger partial charge >= 0.3 is 0 Å². The summed E-state index contributed by atoms with van der Waals surface area (Å²) in [5.41, 5.74) is 0.598. The van der Waals surface area contributed by atoms with Crippen molar-refractivity contribution in [2.24, 2.45) is 0 Å². The lowest BCUT2D eigenvalue weighted by Gasteiger charge is -2.17. The molecule has 0 spiro atoms. The van der Waals surface area contributed by atoms with Crippen molar-refractivity contribution in [1.82, 2.24) is 14.5 Å². The first-order valence-corrected chi connectivity index (χ1v) is 8.71. The minimum atomic E-state index is -3.04. The zero-order chi connectivity index (χ0) is 17.4. The van der Waals surface area contributed by atoms with Crippen LogP contribution in [-0.2, 0) is 15.6 Å². The van der Waals surface area contributed by atoms with Gasteiger partial charge in [0, 0.05) is 25.9 Å². The molecule has 5 nitrogen and oxygen atoms in total. The predicted octanol–water partition coefficient (Wildman–Crippen LogP) is 2.89. The number of hydrogen-bond donors (Lipinski definition) is 2. The number of hydrogen-bond acceptors (Lipinski definition) is 3. The zero-order valence-electron chi connectivity index (χ0n) is 12.9. The number of anilines is 1. The summed E-state index contributed by atoms with van der Waals surface area (Å²) in [4.78, 5) is 0.269. The fourth-order valence-electron chi connectivity index (χ4n) is 1.97. The molecule has 23 heavy (non-hydrogen) atoms. The van der Waals surface area contributed by atoms with Crippen LogP contribution in [0, 0.1) is 0 Å². The van der Waals surface area contributed by atoms with Gasteiger partial charge in [-0.2, -0.15) is 5.10 Å². The number of benzene rings is 1. The van der Waals surface area contributed by atoms with Gasteiger partial charge in [0.15, 0.2) is 0 Å². The number of nitrogens with one attached hydrogen (secondary N) is 2. The summed E-state index contributed by atoms with van der Waals surface area (Å²) >= 11 is 6.26. The van der Waals surface area contributed by atoms with E-state index in [1.807, 2.05) is 0 Å². The van der Waals surface area contributed by atoms with E-state index in [2.05, 4.69) is 21.0 Å². The Morgan fingerprint density at radius 3 is 2.52 bits per heavy atom. The second-order valence-electron chi connectivity index (χ2n) is 5.00. The van der Waals surface area contributed by atoms with Gasteiger partial charge in [-0.3, -0.25) is 0 Å². The Morgan fingerprint density at radius 1 is 1.39 bits per heavy atom. The molecule has 0 saturated heterocycles. The molecule has 0 saturated carbocycles. The first-order chi connectivity index (χ1) is 10.6. The number of rotatable bonds is 5. The van der Waals surface area contributed by atoms with E-state index < -0.39 is 15.6 Å². The lowest BCUT2D eigenvalue weighted by molar-refractivity contribution is 0.0174. The molecule has 0 amide bonds. The first-order valence-electron chi connectivity index (χ1n) is 6.60. The second-order valence-corrected chi connectivity index (χ2v) is 7.60. The van der Waals surface area contributed by atoms with E-state index in [0.29, 0.717) is 5.69 Å². The largest absolute Gasteiger partial charge is 0.388 e. The van der Waals surface area contributed by atoms with Crippen molar-refractivity contribution in [2.75, 3.05) is 19.4 Å². The quantitative estimate of drug-likeness (QED) is 0.804. The summed E-state index contributed by atoms with van der Waals surface area (Å²) in [6, 6.07) is 3.19. The molecular weight excluding hydrogens is 346 g/mol. The molecule has 1 atom stereocenters. The standard InChI is InChI=1S/C14H17ClF2N4OS/c1-14(16,17)9-7-20-21(8-9)13-11(15)5-10(18-2)6-12(13)23(4,22)19-3/h5-8,18H,4H2,1-3H3,(H,19,22). The van der Waals surface area contributed by atoms with Crippen molar-refractivity contribution in [3.8, 4) is 5.69 Å². The Kier molecular flexibility index (Phi) is 4.70. The van der Waals surface area contributed by atoms with Crippen LogP contribution in [0.25, 0.3) is 5.69 Å². The molecule has 0 radical (unpaired) electrons. The molecule has 2 rings (SSSR count). The molecule has 0 aliphatic rings. The summed E-state index contributed by atoms with van der Waals surface area (Å²) in [6.07, 6.45) is 2.21. The molecule has 1 heterocycles. The number of alkyl halides is 2. The third-order valence-corrected chi connectivity index (χ3v) is 5.29. The van der Waals surface area contributed by atoms with E-state index in [-0.39, 0.29) is 21.2 Å². The fourth-order valence-corrected chi connectivity index (χ4v) is 3.39. The van der Waals surface area contributed by atoms with Crippen molar-refractivity contribution in [3.05, 3.63) is 35.1 Å². The molecule has 1 aromatic carbocycles. The molecular formula is C14H17ClF2N4OS. The molecule has 126 valence electrons. The minimum Gasteiger partial charge on any atom is -0.388 e. The van der Waals surface area contributed by atoms with E-state index in [1.165, 1.54) is 11.7 Å². The third-order valence-electron chi connectivity index (χ3n) is 3.32. The summed E-state index contributed by atoms with van der Waals surface area (Å²) in [5.74, 6) is 0.621. The van der Waals surface area contributed by atoms with E-state index in [1.54, 1.807) is 19.2 Å². The average Bonchev–Trinajstić information content (AvgIpc) is 2.95. The SMILES string of the molecule is C=S(=O)(NC)c1cc(NC)cc(Cl)c1-n1cc(C(C)(F)F)cn1. The lowest BCUT2D eigenvalue weighted by Crippen LogP contribution is -2.21. The molecule has 1 unspecified atom stereocenters. The maximum atomic E-state index is 13.4. The highest BCUT2D eigenvalue weighted by molar-refractivity contribution is 7.98. The van der Waals surface area contributed by atoms with Crippen LogP contribution in [0.3, 0.4) is 0 Å². The Bertz CT molecular complexity index is 828. The van der Waals surface area contributed by atoms with Crippen LogP contribution in [0.4, 0.5) is 14.5 Å². The van der Waals surface area contributed by atoms with Gasteiger partial charge in [0.2, 0.25) is 0 Å². The Labute approximate surface area is 138 Å². The van der Waals surface area contributed by atoms with E-state index in [9.17, 15) is 13.0 Å². The molecule has 2 N–H and O–H groups in total. The van der Waals surface area contributed by atoms with Crippen molar-refractivity contribution in [3.63, 3.8) is 0 Å². The number of halogens is 3. The summed E-state index contributed by atoms with van der Waals surface area (Å²) < 4.78 is 43.3. The van der Waals surface area contributed by atoms with Gasteiger partial charge in [0.05, 0.1) is 31.4 Å². The van der Waals surface area contributed by atoms with Crippen LogP contribution in [0.15, 0.2) is 29.4 Å². The normalized spacial score (nSPS) is 14.5. The predicted molar refractivity (Wildman–Crippen MR) is 90.3 cm³/mol. The highest BCUT2D eigenvalue weighted by atomic mass is 35.5. The van der Waals surface area contributed by atoms with Crippen molar-refractivity contribution < 1.29 is 13.0 Å². The van der Waals surface area contributed by atoms with Gasteiger partial charge in [-0.25, -0.2) is 22.4 Å². The fraction of sp³-hybridized carbons (Fsp3) is 0.286. The third kappa shape index (κ3) is 3.49. The molecule has 0 bridgehead atoms. The number of aromatic nitrogens is 2. The van der Waals surface area contributed by atoms with E-state index in [0.717, 1.165) is 19.3 Å². The van der Waals surface area contributed by atoms with E-state index >= 15 is 0 Å². The summed E-state index contributed by atoms with van der Waals surface area (Å²) in [7, 11) is 0.296. The molecule has 9 heteroatoms. The highest BCUT2D eigenvalue weighted by Gasteiger charge is 2.27. The number of nitrogens with zero attached hydrogens (tertiary/aromatic N) is 2. The zero-order valence-corrected chi connectivity index (χ0v) is 14.4. The van der Waals surface area contributed by atoms with Gasteiger partial charge in [-0.15, -0.1) is 0 Å². The van der Waals surface area contributed by atoms with Gasteiger partial charge < -0.3 is 5.32 Å². The van der Waals surface area contributed by atoms with Gasteiger partial charge in [-0.05, 0) is 25.1 Å². The molecule has 2 aromatic rings. The van der Waals surface area contributed by atoms with Crippen molar-refractivity contribution in [1.29, 1.82) is 0 Å². The Morgan fingerprint density at radius 2 is 2.04 bits per heavy atom. The van der Waals surface area contributed by atoms with Crippen molar-refractivity contribution >= 4 is 32.9 Å². The molecule has 1 aromatic heterocycles. The van der Waals surface area contributed by atoms with Crippen LogP contribution >= 0.6 is 11.6 Å². The smallest absolute Gasteiger partial charge is 0.273 e. The van der Waals surface area contributed by atoms with Crippen LogP contribution in [0.2, 0.25) is 5.02 Å². The van der Waals surface area contributed by atoms with Crippen LogP contribution in [-0.4, -0.2) is 34.0 Å². The van der Waals surface area contributed by atoms with Gasteiger partial charge in [0.25, 0.3) is 5.92 Å². The van der Waals surface area contributed by atoms with Crippen LogP contribution in [0.1, 0.15) is 12.5 Å². The van der Waals surface area contributed by atoms with Crippen LogP contribution < -0.4 is 10.0 Å². The lowest BCUT2D eigenvalue weighted by atomic mass is 10.2. The molecule has 0 aliphatic heterocycles. The topological polar surface area (TPSA) is 59.0 Å². The van der Waals surface area contributed by atoms with Crippen molar-refractivity contribution in [2.45, 2.75) is 17.7 Å². The maximum Gasteiger partial charge on any atom is 0.273 e. The molecule has 0 fully saturated rings. The highest BCUT2D eigenvalue weighted by Crippen LogP contribution is 2.33. The Balaban J connectivity index is 2.73. The first kappa shape index (κ1) is 17.7. The monoisotopic (exact) mass is 362 g/mol. The van der Waals surface area contributed by atoms with Crippen LogP contribution in [0.5, 0.6) is 0 Å².